The third-order valence-corrected chi connectivity index (χ3v) is 6.32. The van der Waals surface area contributed by atoms with Gasteiger partial charge in [-0.1, -0.05) is 35.9 Å². The van der Waals surface area contributed by atoms with Gasteiger partial charge in [-0.05, 0) is 32.9 Å². The van der Waals surface area contributed by atoms with Crippen LogP contribution in [0.5, 0.6) is 0 Å². The number of benzene rings is 1. The number of fused-ring (bicyclic) bond motifs is 1. The summed E-state index contributed by atoms with van der Waals surface area (Å²) in [6.07, 6.45) is 2.82. The lowest BCUT2D eigenvalue weighted by Gasteiger charge is -2.26. The molecular formula is C21H23N7O2S. The predicted octanol–water partition coefficient (Wildman–Crippen LogP) is 2.49. The topological polar surface area (TPSA) is 129 Å². The minimum Gasteiger partial charge on any atom is -0.383 e. The van der Waals surface area contributed by atoms with Gasteiger partial charge in [-0.15, -0.1) is 0 Å². The van der Waals surface area contributed by atoms with Gasteiger partial charge in [0.25, 0.3) is 10.0 Å². The Morgan fingerprint density at radius 1 is 1.06 bits per heavy atom. The van der Waals surface area contributed by atoms with Crippen molar-refractivity contribution in [2.75, 3.05) is 12.3 Å². The van der Waals surface area contributed by atoms with Crippen LogP contribution in [0.1, 0.15) is 19.4 Å². The summed E-state index contributed by atoms with van der Waals surface area (Å²) in [6, 6.07) is 12.6. The van der Waals surface area contributed by atoms with Gasteiger partial charge in [0.1, 0.15) is 17.8 Å². The number of aromatic nitrogens is 5. The maximum atomic E-state index is 12.6. The van der Waals surface area contributed by atoms with Crippen LogP contribution in [0, 0.1) is 6.92 Å². The van der Waals surface area contributed by atoms with E-state index in [4.69, 9.17) is 10.8 Å². The molecule has 3 heterocycles. The van der Waals surface area contributed by atoms with Crippen LogP contribution < -0.4 is 10.5 Å². The highest BCUT2D eigenvalue weighted by Crippen LogP contribution is 2.33. The first-order chi connectivity index (χ1) is 14.7. The first-order valence-corrected chi connectivity index (χ1v) is 11.1. The highest BCUT2D eigenvalue weighted by atomic mass is 32.2. The quantitative estimate of drug-likeness (QED) is 0.474. The maximum Gasteiger partial charge on any atom is 0.258 e. The molecule has 0 aliphatic carbocycles. The molecule has 0 spiro atoms. The van der Waals surface area contributed by atoms with Crippen molar-refractivity contribution in [1.82, 2.24) is 29.5 Å². The summed E-state index contributed by atoms with van der Waals surface area (Å²) in [5.41, 5.74) is 8.60. The fraction of sp³-hybridized carbons (Fsp3) is 0.238. The zero-order valence-corrected chi connectivity index (χ0v) is 18.3. The van der Waals surface area contributed by atoms with Crippen LogP contribution in [0.15, 0.2) is 60.0 Å². The van der Waals surface area contributed by atoms with E-state index < -0.39 is 15.6 Å². The molecule has 1 aromatic carbocycles. The molecule has 4 rings (SSSR count). The first-order valence-electron chi connectivity index (χ1n) is 9.66. The lowest BCUT2D eigenvalue weighted by Crippen LogP contribution is -2.41. The molecule has 0 atom stereocenters. The maximum absolute atomic E-state index is 12.6. The van der Waals surface area contributed by atoms with E-state index in [9.17, 15) is 8.42 Å². The number of rotatable bonds is 6. The van der Waals surface area contributed by atoms with Crippen molar-refractivity contribution in [3.8, 4) is 11.3 Å². The fourth-order valence-corrected chi connectivity index (χ4v) is 4.39. The van der Waals surface area contributed by atoms with E-state index in [1.54, 1.807) is 16.8 Å². The third-order valence-electron chi connectivity index (χ3n) is 5.00. The molecule has 0 fully saturated rings. The molecule has 0 unspecified atom stereocenters. The van der Waals surface area contributed by atoms with E-state index in [1.165, 1.54) is 18.6 Å². The summed E-state index contributed by atoms with van der Waals surface area (Å²) in [6.45, 7) is 5.82. The zero-order valence-electron chi connectivity index (χ0n) is 17.4. The SMILES string of the molecule is Cc1ccc(-c2nn(C(C)(C)CNS(=O)(=O)c3ccccn3)c3ncnc(N)c23)cc1. The molecule has 4 aromatic rings. The smallest absolute Gasteiger partial charge is 0.258 e. The number of sulfonamides is 1. The monoisotopic (exact) mass is 437 g/mol. The summed E-state index contributed by atoms with van der Waals surface area (Å²) < 4.78 is 29.6. The average molecular weight is 438 g/mol. The number of nitrogens with two attached hydrogens (primary N) is 1. The van der Waals surface area contributed by atoms with Gasteiger partial charge in [0.05, 0.1) is 10.9 Å². The second-order valence-electron chi connectivity index (χ2n) is 7.89. The van der Waals surface area contributed by atoms with E-state index in [1.807, 2.05) is 45.0 Å². The molecule has 9 nitrogen and oxygen atoms in total. The Bertz CT molecular complexity index is 1330. The van der Waals surface area contributed by atoms with Crippen LogP contribution in [0.4, 0.5) is 5.82 Å². The lowest BCUT2D eigenvalue weighted by molar-refractivity contribution is 0.328. The standard InChI is InChI=1S/C21H23N7O2S/c1-14-7-9-15(10-8-14)18-17-19(22)24-13-25-20(17)28(27-18)21(2,3)12-26-31(29,30)16-6-4-5-11-23-16/h4-11,13,26H,12H2,1-3H3,(H2,22,24,25). The van der Waals surface area contributed by atoms with Crippen molar-refractivity contribution in [3.05, 3.63) is 60.6 Å². The van der Waals surface area contributed by atoms with Crippen LogP contribution in [-0.4, -0.2) is 39.7 Å². The number of nitrogen functional groups attached to an aromatic ring is 1. The predicted molar refractivity (Wildman–Crippen MR) is 119 cm³/mol. The average Bonchev–Trinajstić information content (AvgIpc) is 3.16. The second-order valence-corrected chi connectivity index (χ2v) is 9.60. The third kappa shape index (κ3) is 3.99. The largest absolute Gasteiger partial charge is 0.383 e. The molecule has 0 saturated carbocycles. The molecule has 160 valence electrons. The summed E-state index contributed by atoms with van der Waals surface area (Å²) in [4.78, 5) is 12.4. The second kappa shape index (κ2) is 7.71. The molecule has 0 aliphatic heterocycles. The Morgan fingerprint density at radius 2 is 1.81 bits per heavy atom. The molecule has 0 amide bonds. The van der Waals surface area contributed by atoms with Crippen LogP contribution in [0.3, 0.4) is 0 Å². The Hall–Kier alpha value is -3.37. The molecule has 0 bridgehead atoms. The number of anilines is 1. The number of hydrogen-bond acceptors (Lipinski definition) is 7. The number of nitrogens with zero attached hydrogens (tertiary/aromatic N) is 5. The molecule has 0 aliphatic rings. The van der Waals surface area contributed by atoms with E-state index in [0.29, 0.717) is 22.5 Å². The first kappa shape index (κ1) is 20.9. The van der Waals surface area contributed by atoms with E-state index in [2.05, 4.69) is 19.7 Å². The number of aryl methyl sites for hydroxylation is 1. The van der Waals surface area contributed by atoms with Gasteiger partial charge in [0.15, 0.2) is 10.7 Å². The van der Waals surface area contributed by atoms with Crippen LogP contribution in [0.25, 0.3) is 22.3 Å². The molecule has 3 aromatic heterocycles. The Balaban J connectivity index is 1.75. The highest BCUT2D eigenvalue weighted by molar-refractivity contribution is 7.89. The molecule has 31 heavy (non-hydrogen) atoms. The fourth-order valence-electron chi connectivity index (χ4n) is 3.24. The Morgan fingerprint density at radius 3 is 2.48 bits per heavy atom. The van der Waals surface area contributed by atoms with Crippen molar-refractivity contribution in [2.24, 2.45) is 0 Å². The van der Waals surface area contributed by atoms with E-state index in [0.717, 1.165) is 11.1 Å². The van der Waals surface area contributed by atoms with Crippen LogP contribution in [0.2, 0.25) is 0 Å². The van der Waals surface area contributed by atoms with Crippen molar-refractivity contribution in [1.29, 1.82) is 0 Å². The van der Waals surface area contributed by atoms with Crippen molar-refractivity contribution in [2.45, 2.75) is 31.3 Å². The Labute approximate surface area is 180 Å². The molecule has 0 saturated heterocycles. The van der Waals surface area contributed by atoms with Gasteiger partial charge in [0, 0.05) is 18.3 Å². The van der Waals surface area contributed by atoms with E-state index in [-0.39, 0.29) is 11.6 Å². The summed E-state index contributed by atoms with van der Waals surface area (Å²) in [5.74, 6) is 0.316. The molecule has 0 radical (unpaired) electrons. The zero-order chi connectivity index (χ0) is 22.2. The summed E-state index contributed by atoms with van der Waals surface area (Å²) in [7, 11) is -3.77. The van der Waals surface area contributed by atoms with E-state index >= 15 is 0 Å². The minimum absolute atomic E-state index is 0.0389. The number of nitrogens with one attached hydrogen (secondary N) is 1. The molecule has 10 heteroatoms. The number of pyridine rings is 1. The van der Waals surface area contributed by atoms with Crippen LogP contribution >= 0.6 is 0 Å². The van der Waals surface area contributed by atoms with Gasteiger partial charge in [-0.3, -0.25) is 0 Å². The van der Waals surface area contributed by atoms with Gasteiger partial charge in [-0.25, -0.2) is 32.8 Å². The van der Waals surface area contributed by atoms with Crippen LogP contribution in [-0.2, 0) is 15.6 Å². The van der Waals surface area contributed by atoms with Gasteiger partial charge < -0.3 is 5.73 Å². The van der Waals surface area contributed by atoms with Crippen molar-refractivity contribution < 1.29 is 8.42 Å². The number of hydrogen-bond donors (Lipinski definition) is 2. The summed E-state index contributed by atoms with van der Waals surface area (Å²) in [5, 5.41) is 5.37. The van der Waals surface area contributed by atoms with Gasteiger partial charge in [0.2, 0.25) is 0 Å². The van der Waals surface area contributed by atoms with Crippen molar-refractivity contribution in [3.63, 3.8) is 0 Å². The lowest BCUT2D eigenvalue weighted by atomic mass is 10.1. The van der Waals surface area contributed by atoms with Gasteiger partial charge in [-0.2, -0.15) is 5.10 Å². The normalized spacial score (nSPS) is 12.4. The highest BCUT2D eigenvalue weighted by Gasteiger charge is 2.30. The van der Waals surface area contributed by atoms with Crippen molar-refractivity contribution >= 4 is 26.9 Å². The molecule has 3 N–H and O–H groups in total. The van der Waals surface area contributed by atoms with Gasteiger partial charge >= 0.3 is 0 Å². The molecular weight excluding hydrogens is 414 g/mol. The summed E-state index contributed by atoms with van der Waals surface area (Å²) >= 11 is 0. The minimum atomic E-state index is -3.77. The Kier molecular flexibility index (Phi) is 5.19.